The summed E-state index contributed by atoms with van der Waals surface area (Å²) in [7, 11) is -3.38. The molecule has 7 nitrogen and oxygen atoms in total. The molecule has 0 fully saturated rings. The van der Waals surface area contributed by atoms with Crippen LogP contribution in [0.3, 0.4) is 0 Å². The van der Waals surface area contributed by atoms with E-state index < -0.39 is 15.7 Å². The molecule has 0 radical (unpaired) electrons. The van der Waals surface area contributed by atoms with Gasteiger partial charge in [0.1, 0.15) is 0 Å². The zero-order valence-corrected chi connectivity index (χ0v) is 14.2. The Kier molecular flexibility index (Phi) is 4.45. The van der Waals surface area contributed by atoms with E-state index in [4.69, 9.17) is 4.42 Å². The van der Waals surface area contributed by atoms with E-state index in [1.54, 1.807) is 6.92 Å². The lowest BCUT2D eigenvalue weighted by Gasteiger charge is -2.04. The Morgan fingerprint density at radius 3 is 2.83 bits per heavy atom. The van der Waals surface area contributed by atoms with Crippen molar-refractivity contribution in [2.24, 2.45) is 0 Å². The molecule has 1 aromatic carbocycles. The molecule has 0 bridgehead atoms. The molecule has 0 saturated heterocycles. The largest absolute Gasteiger partial charge is 0.403 e. The molecule has 0 aliphatic carbocycles. The van der Waals surface area contributed by atoms with Crippen LogP contribution in [0.5, 0.6) is 0 Å². The van der Waals surface area contributed by atoms with Crippen molar-refractivity contribution in [1.82, 2.24) is 10.2 Å². The molecular weight excluding hydrogens is 350 g/mol. The fourth-order valence-corrected chi connectivity index (χ4v) is 3.50. The van der Waals surface area contributed by atoms with Crippen molar-refractivity contribution in [3.63, 3.8) is 0 Å². The van der Waals surface area contributed by atoms with E-state index in [-0.39, 0.29) is 22.2 Å². The highest BCUT2D eigenvalue weighted by Crippen LogP contribution is 2.22. The van der Waals surface area contributed by atoms with Gasteiger partial charge in [0.15, 0.2) is 9.84 Å². The predicted molar refractivity (Wildman–Crippen MR) is 89.7 cm³/mol. The smallest absolute Gasteiger partial charge is 0.322 e. The molecule has 124 valence electrons. The number of thiophene rings is 1. The molecule has 0 aliphatic rings. The normalized spacial score (nSPS) is 11.4. The van der Waals surface area contributed by atoms with E-state index >= 15 is 0 Å². The first-order valence-corrected chi connectivity index (χ1v) is 9.59. The van der Waals surface area contributed by atoms with E-state index in [2.05, 4.69) is 15.5 Å². The van der Waals surface area contributed by atoms with Crippen molar-refractivity contribution < 1.29 is 17.6 Å². The first-order valence-electron chi connectivity index (χ1n) is 7.00. The lowest BCUT2D eigenvalue weighted by Crippen LogP contribution is -2.13. The maximum Gasteiger partial charge on any atom is 0.322 e. The molecule has 0 atom stereocenters. The quantitative estimate of drug-likeness (QED) is 0.748. The number of carbonyl (C=O) groups is 1. The summed E-state index contributed by atoms with van der Waals surface area (Å²) in [5.41, 5.74) is 0.962. The lowest BCUT2D eigenvalue weighted by molar-refractivity contribution is 0.102. The molecule has 2 heterocycles. The van der Waals surface area contributed by atoms with Crippen LogP contribution >= 0.6 is 11.3 Å². The minimum Gasteiger partial charge on any atom is -0.403 e. The molecule has 1 N–H and O–H groups in total. The highest BCUT2D eigenvalue weighted by molar-refractivity contribution is 7.91. The number of hydrogen-bond donors (Lipinski definition) is 1. The van der Waals surface area contributed by atoms with Crippen LogP contribution < -0.4 is 5.32 Å². The summed E-state index contributed by atoms with van der Waals surface area (Å²) in [6.45, 7) is 1.55. The lowest BCUT2D eigenvalue weighted by atomic mass is 10.2. The van der Waals surface area contributed by atoms with Crippen LogP contribution in [0, 0.1) is 0 Å². The Bertz CT molecular complexity index is 962. The molecule has 0 spiro atoms. The van der Waals surface area contributed by atoms with Gasteiger partial charge in [-0.05, 0) is 29.6 Å². The van der Waals surface area contributed by atoms with Gasteiger partial charge < -0.3 is 4.42 Å². The van der Waals surface area contributed by atoms with Crippen molar-refractivity contribution in [3.05, 3.63) is 46.7 Å². The van der Waals surface area contributed by atoms with Crippen molar-refractivity contribution in [3.8, 4) is 11.5 Å². The third kappa shape index (κ3) is 3.36. The highest BCUT2D eigenvalue weighted by atomic mass is 32.2. The van der Waals surface area contributed by atoms with Gasteiger partial charge in [-0.2, -0.15) is 11.3 Å². The number of nitrogens with zero attached hydrogens (tertiary/aromatic N) is 2. The number of amides is 1. The van der Waals surface area contributed by atoms with Crippen molar-refractivity contribution in [2.75, 3.05) is 11.1 Å². The molecule has 24 heavy (non-hydrogen) atoms. The van der Waals surface area contributed by atoms with Crippen LogP contribution in [0.25, 0.3) is 11.5 Å². The van der Waals surface area contributed by atoms with Gasteiger partial charge in [-0.3, -0.25) is 10.1 Å². The summed E-state index contributed by atoms with van der Waals surface area (Å²) in [5.74, 6) is -0.260. The zero-order chi connectivity index (χ0) is 17.2. The number of rotatable bonds is 5. The molecule has 3 aromatic rings. The minimum absolute atomic E-state index is 0.0360. The maximum absolute atomic E-state index is 12.2. The number of carbonyl (C=O) groups excluding carboxylic acids is 1. The van der Waals surface area contributed by atoms with Crippen molar-refractivity contribution in [1.29, 1.82) is 0 Å². The summed E-state index contributed by atoms with van der Waals surface area (Å²) in [5, 5.41) is 13.8. The number of benzene rings is 1. The summed E-state index contributed by atoms with van der Waals surface area (Å²) >= 11 is 1.49. The maximum atomic E-state index is 12.2. The molecular formula is C15H13N3O4S2. The molecule has 3 rings (SSSR count). The first kappa shape index (κ1) is 16.3. The van der Waals surface area contributed by atoms with E-state index in [0.29, 0.717) is 5.89 Å². The molecule has 0 unspecified atom stereocenters. The average Bonchev–Trinajstić information content (AvgIpc) is 3.26. The van der Waals surface area contributed by atoms with E-state index in [0.717, 1.165) is 5.56 Å². The van der Waals surface area contributed by atoms with E-state index in [1.165, 1.54) is 35.6 Å². The fraction of sp³-hybridized carbons (Fsp3) is 0.133. The Labute approximate surface area is 142 Å². The Balaban J connectivity index is 1.80. The average molecular weight is 363 g/mol. The fourth-order valence-electron chi connectivity index (χ4n) is 1.94. The van der Waals surface area contributed by atoms with Crippen molar-refractivity contribution >= 4 is 33.1 Å². The van der Waals surface area contributed by atoms with Crippen molar-refractivity contribution in [2.45, 2.75) is 11.8 Å². The third-order valence-corrected chi connectivity index (χ3v) is 5.66. The second-order valence-electron chi connectivity index (χ2n) is 4.81. The summed E-state index contributed by atoms with van der Waals surface area (Å²) in [4.78, 5) is 12.3. The summed E-state index contributed by atoms with van der Waals surface area (Å²) < 4.78 is 29.2. The number of nitrogens with one attached hydrogen (secondary N) is 1. The SMILES string of the molecule is CCS(=O)(=O)c1cccc(C(=O)Nc2nnc(-c3ccsc3)o2)c1. The van der Waals surface area contributed by atoms with Crippen LogP contribution in [0.1, 0.15) is 17.3 Å². The predicted octanol–water partition coefficient (Wildman–Crippen LogP) is 2.84. The Hall–Kier alpha value is -2.52. The van der Waals surface area contributed by atoms with Gasteiger partial charge in [0, 0.05) is 16.5 Å². The Morgan fingerprint density at radius 2 is 2.12 bits per heavy atom. The topological polar surface area (TPSA) is 102 Å². The van der Waals surface area contributed by atoms with Gasteiger partial charge in [-0.15, -0.1) is 5.10 Å². The molecule has 0 aliphatic heterocycles. The number of anilines is 1. The summed E-state index contributed by atoms with van der Waals surface area (Å²) in [6.07, 6.45) is 0. The first-order chi connectivity index (χ1) is 11.5. The van der Waals surface area contributed by atoms with Gasteiger partial charge in [0.25, 0.3) is 11.8 Å². The standard InChI is InChI=1S/C15H13N3O4S2/c1-2-24(20,21)12-5-3-4-10(8-12)13(19)16-15-18-17-14(22-15)11-6-7-23-9-11/h3-9H,2H2,1H3,(H,16,18,19). The van der Waals surface area contributed by atoms with Gasteiger partial charge >= 0.3 is 6.01 Å². The number of aromatic nitrogens is 2. The van der Waals surface area contributed by atoms with Crippen LogP contribution in [0.2, 0.25) is 0 Å². The van der Waals surface area contributed by atoms with Gasteiger partial charge in [0.05, 0.1) is 10.6 Å². The van der Waals surface area contributed by atoms with Crippen LogP contribution in [-0.2, 0) is 9.84 Å². The van der Waals surface area contributed by atoms with E-state index in [9.17, 15) is 13.2 Å². The number of sulfone groups is 1. The third-order valence-electron chi connectivity index (χ3n) is 3.25. The molecule has 2 aromatic heterocycles. The Morgan fingerprint density at radius 1 is 1.29 bits per heavy atom. The molecule has 1 amide bonds. The second-order valence-corrected chi connectivity index (χ2v) is 7.87. The van der Waals surface area contributed by atoms with Crippen LogP contribution in [0.15, 0.2) is 50.4 Å². The zero-order valence-electron chi connectivity index (χ0n) is 12.6. The number of hydrogen-bond acceptors (Lipinski definition) is 7. The van der Waals surface area contributed by atoms with Crippen LogP contribution in [-0.4, -0.2) is 30.3 Å². The molecule has 9 heteroatoms. The van der Waals surface area contributed by atoms with Crippen LogP contribution in [0.4, 0.5) is 6.01 Å². The highest BCUT2D eigenvalue weighted by Gasteiger charge is 2.16. The minimum atomic E-state index is -3.38. The van der Waals surface area contributed by atoms with E-state index in [1.807, 2.05) is 16.8 Å². The van der Waals surface area contributed by atoms with Gasteiger partial charge in [0.2, 0.25) is 0 Å². The van der Waals surface area contributed by atoms with Gasteiger partial charge in [-0.25, -0.2) is 8.42 Å². The second kappa shape index (κ2) is 6.54. The summed E-state index contributed by atoms with van der Waals surface area (Å²) in [6, 6.07) is 7.58. The van der Waals surface area contributed by atoms with Gasteiger partial charge in [-0.1, -0.05) is 18.1 Å². The monoisotopic (exact) mass is 363 g/mol. The molecule has 0 saturated carbocycles.